The number of piperazine rings is 1. The van der Waals surface area contributed by atoms with Crippen molar-refractivity contribution in [2.24, 2.45) is 0 Å². The second kappa shape index (κ2) is 11.2. The molecule has 1 saturated heterocycles. The SMILES string of the molecule is CC(=O)NC(C)c1ccc(CN2CCN(c3ccccc3)CC2)cc1.Cl.Cl. The molecule has 0 aliphatic carbocycles. The number of carbonyl (C=O) groups is 1. The highest BCUT2D eigenvalue weighted by atomic mass is 35.5. The summed E-state index contributed by atoms with van der Waals surface area (Å²) in [4.78, 5) is 16.1. The maximum atomic E-state index is 11.2. The molecular weight excluding hydrogens is 381 g/mol. The van der Waals surface area contributed by atoms with Crippen LogP contribution < -0.4 is 10.2 Å². The van der Waals surface area contributed by atoms with Gasteiger partial charge in [-0.15, -0.1) is 24.8 Å². The Hall–Kier alpha value is -1.75. The van der Waals surface area contributed by atoms with Crippen molar-refractivity contribution in [3.05, 3.63) is 65.7 Å². The lowest BCUT2D eigenvalue weighted by atomic mass is 10.1. The Morgan fingerprint density at radius 1 is 0.963 bits per heavy atom. The van der Waals surface area contributed by atoms with Gasteiger partial charge in [0.05, 0.1) is 6.04 Å². The fraction of sp³-hybridized carbons (Fsp3) is 0.381. The molecule has 1 fully saturated rings. The van der Waals surface area contributed by atoms with E-state index in [4.69, 9.17) is 0 Å². The molecule has 148 valence electrons. The number of nitrogens with one attached hydrogen (secondary N) is 1. The molecule has 27 heavy (non-hydrogen) atoms. The van der Waals surface area contributed by atoms with Gasteiger partial charge in [-0.2, -0.15) is 0 Å². The molecule has 2 aromatic rings. The number of carbonyl (C=O) groups excluding carboxylic acids is 1. The third-order valence-corrected chi connectivity index (χ3v) is 4.80. The van der Waals surface area contributed by atoms with Gasteiger partial charge in [0.1, 0.15) is 0 Å². The van der Waals surface area contributed by atoms with E-state index in [-0.39, 0.29) is 36.8 Å². The Balaban J connectivity index is 0.00000182. The quantitative estimate of drug-likeness (QED) is 0.808. The summed E-state index contributed by atoms with van der Waals surface area (Å²) in [6.45, 7) is 8.86. The van der Waals surface area contributed by atoms with E-state index in [9.17, 15) is 4.79 Å². The fourth-order valence-corrected chi connectivity index (χ4v) is 3.36. The molecule has 1 atom stereocenters. The summed E-state index contributed by atoms with van der Waals surface area (Å²) in [5.41, 5.74) is 3.79. The van der Waals surface area contributed by atoms with Gasteiger partial charge in [-0.25, -0.2) is 0 Å². The summed E-state index contributed by atoms with van der Waals surface area (Å²) >= 11 is 0. The van der Waals surface area contributed by atoms with Gasteiger partial charge in [-0.05, 0) is 30.2 Å². The van der Waals surface area contributed by atoms with Gasteiger partial charge in [0.25, 0.3) is 0 Å². The molecule has 6 heteroatoms. The van der Waals surface area contributed by atoms with Crippen molar-refractivity contribution in [2.45, 2.75) is 26.4 Å². The lowest BCUT2D eigenvalue weighted by Crippen LogP contribution is -2.45. The smallest absolute Gasteiger partial charge is 0.217 e. The molecule has 1 amide bonds. The van der Waals surface area contributed by atoms with Crippen molar-refractivity contribution < 1.29 is 4.79 Å². The number of para-hydroxylation sites is 1. The van der Waals surface area contributed by atoms with E-state index < -0.39 is 0 Å². The topological polar surface area (TPSA) is 35.6 Å². The van der Waals surface area contributed by atoms with Crippen molar-refractivity contribution in [1.82, 2.24) is 10.2 Å². The van der Waals surface area contributed by atoms with E-state index in [2.05, 4.69) is 69.7 Å². The molecule has 0 bridgehead atoms. The van der Waals surface area contributed by atoms with Gasteiger partial charge in [-0.1, -0.05) is 42.5 Å². The van der Waals surface area contributed by atoms with E-state index >= 15 is 0 Å². The summed E-state index contributed by atoms with van der Waals surface area (Å²) in [6.07, 6.45) is 0. The number of anilines is 1. The number of rotatable bonds is 5. The van der Waals surface area contributed by atoms with Crippen molar-refractivity contribution in [1.29, 1.82) is 0 Å². The largest absolute Gasteiger partial charge is 0.369 e. The van der Waals surface area contributed by atoms with Crippen LogP contribution in [-0.2, 0) is 11.3 Å². The second-order valence-electron chi connectivity index (χ2n) is 6.76. The van der Waals surface area contributed by atoms with Gasteiger partial charge in [0.15, 0.2) is 0 Å². The van der Waals surface area contributed by atoms with Crippen LogP contribution in [0.25, 0.3) is 0 Å². The van der Waals surface area contributed by atoms with Crippen molar-refractivity contribution in [2.75, 3.05) is 31.1 Å². The number of hydrogen-bond donors (Lipinski definition) is 1. The van der Waals surface area contributed by atoms with Crippen molar-refractivity contribution >= 4 is 36.4 Å². The Labute approximate surface area is 174 Å². The van der Waals surface area contributed by atoms with Crippen LogP contribution in [0.2, 0.25) is 0 Å². The molecule has 1 heterocycles. The summed E-state index contributed by atoms with van der Waals surface area (Å²) in [7, 11) is 0. The van der Waals surface area contributed by atoms with Gasteiger partial charge >= 0.3 is 0 Å². The minimum Gasteiger partial charge on any atom is -0.369 e. The first kappa shape index (κ1) is 23.3. The number of hydrogen-bond acceptors (Lipinski definition) is 3. The van der Waals surface area contributed by atoms with Crippen LogP contribution in [0, 0.1) is 0 Å². The molecular formula is C21H29Cl2N3O. The zero-order valence-electron chi connectivity index (χ0n) is 15.9. The number of nitrogens with zero attached hydrogens (tertiary/aromatic N) is 2. The Morgan fingerprint density at radius 3 is 2.11 bits per heavy atom. The highest BCUT2D eigenvalue weighted by Gasteiger charge is 2.17. The molecule has 1 N–H and O–H groups in total. The molecule has 0 saturated carbocycles. The lowest BCUT2D eigenvalue weighted by Gasteiger charge is -2.36. The molecule has 0 spiro atoms. The first-order valence-electron chi connectivity index (χ1n) is 9.00. The Bertz CT molecular complexity index is 686. The minimum atomic E-state index is 0. The monoisotopic (exact) mass is 409 g/mol. The maximum Gasteiger partial charge on any atom is 0.217 e. The molecule has 0 aromatic heterocycles. The van der Waals surface area contributed by atoms with Gasteiger partial charge in [0.2, 0.25) is 5.91 Å². The number of amides is 1. The first-order valence-corrected chi connectivity index (χ1v) is 9.00. The van der Waals surface area contributed by atoms with Gasteiger partial charge in [0, 0.05) is 45.3 Å². The summed E-state index contributed by atoms with van der Waals surface area (Å²) in [5, 5.41) is 2.93. The van der Waals surface area contributed by atoms with E-state index in [0.29, 0.717) is 0 Å². The minimum absolute atomic E-state index is 0. The molecule has 1 aliphatic rings. The van der Waals surface area contributed by atoms with E-state index in [1.54, 1.807) is 6.92 Å². The predicted molar refractivity (Wildman–Crippen MR) is 117 cm³/mol. The zero-order valence-corrected chi connectivity index (χ0v) is 17.6. The standard InChI is InChI=1S/C21H27N3O.2ClH/c1-17(22-18(2)25)20-10-8-19(9-11-20)16-23-12-14-24(15-13-23)21-6-4-3-5-7-21;;/h3-11,17H,12-16H2,1-2H3,(H,22,25);2*1H. The van der Waals surface area contributed by atoms with E-state index in [1.165, 1.54) is 11.3 Å². The highest BCUT2D eigenvalue weighted by Crippen LogP contribution is 2.18. The molecule has 3 rings (SSSR count). The summed E-state index contributed by atoms with van der Waals surface area (Å²) in [5.74, 6) is 0.00728. The van der Waals surface area contributed by atoms with Crippen molar-refractivity contribution in [3.63, 3.8) is 0 Å². The molecule has 1 aliphatic heterocycles. The van der Waals surface area contributed by atoms with E-state index in [1.807, 2.05) is 6.92 Å². The molecule has 4 nitrogen and oxygen atoms in total. The lowest BCUT2D eigenvalue weighted by molar-refractivity contribution is -0.119. The fourth-order valence-electron chi connectivity index (χ4n) is 3.36. The van der Waals surface area contributed by atoms with Crippen LogP contribution in [0.5, 0.6) is 0 Å². The van der Waals surface area contributed by atoms with Crippen LogP contribution >= 0.6 is 24.8 Å². The number of halogens is 2. The van der Waals surface area contributed by atoms with E-state index in [0.717, 1.165) is 38.3 Å². The van der Waals surface area contributed by atoms with Crippen LogP contribution in [0.1, 0.15) is 31.0 Å². The van der Waals surface area contributed by atoms with Gasteiger partial charge in [-0.3, -0.25) is 9.69 Å². The Kier molecular flexibility index (Phi) is 9.64. The predicted octanol–water partition coefficient (Wildman–Crippen LogP) is 4.05. The summed E-state index contributed by atoms with van der Waals surface area (Å²) < 4.78 is 0. The number of benzene rings is 2. The van der Waals surface area contributed by atoms with Crippen LogP contribution in [-0.4, -0.2) is 37.0 Å². The second-order valence-corrected chi connectivity index (χ2v) is 6.76. The van der Waals surface area contributed by atoms with Crippen LogP contribution in [0.4, 0.5) is 5.69 Å². The third-order valence-electron chi connectivity index (χ3n) is 4.80. The maximum absolute atomic E-state index is 11.2. The normalized spacial score (nSPS) is 15.3. The highest BCUT2D eigenvalue weighted by molar-refractivity contribution is 5.85. The third kappa shape index (κ3) is 6.73. The van der Waals surface area contributed by atoms with Crippen LogP contribution in [0.3, 0.4) is 0 Å². The molecule has 2 aromatic carbocycles. The zero-order chi connectivity index (χ0) is 17.6. The summed E-state index contributed by atoms with van der Waals surface area (Å²) in [6, 6.07) is 19.3. The Morgan fingerprint density at radius 2 is 1.56 bits per heavy atom. The molecule has 1 unspecified atom stereocenters. The van der Waals surface area contributed by atoms with Crippen molar-refractivity contribution in [3.8, 4) is 0 Å². The van der Waals surface area contributed by atoms with Crippen LogP contribution in [0.15, 0.2) is 54.6 Å². The van der Waals surface area contributed by atoms with Gasteiger partial charge < -0.3 is 10.2 Å². The first-order chi connectivity index (χ1) is 12.1. The average Bonchev–Trinajstić information content (AvgIpc) is 2.63. The average molecular weight is 410 g/mol. The molecule has 0 radical (unpaired) electrons.